The molecule has 1 N–H and O–H groups in total. The van der Waals surface area contributed by atoms with Crippen molar-refractivity contribution in [3.63, 3.8) is 0 Å². The van der Waals surface area contributed by atoms with Gasteiger partial charge in [-0.2, -0.15) is 0 Å². The molecule has 5 nitrogen and oxygen atoms in total. The molecule has 2 heterocycles. The maximum atomic E-state index is 11.8. The molecule has 0 bridgehead atoms. The van der Waals surface area contributed by atoms with Gasteiger partial charge in [-0.3, -0.25) is 4.98 Å². The van der Waals surface area contributed by atoms with Crippen LogP contribution in [0.3, 0.4) is 0 Å². The number of carbonyl (C=O) groups excluding carboxylic acids is 1. The molecule has 1 aromatic carbocycles. The van der Waals surface area contributed by atoms with Crippen molar-refractivity contribution in [2.24, 2.45) is 0 Å². The first-order chi connectivity index (χ1) is 10.7. The van der Waals surface area contributed by atoms with Crippen molar-refractivity contribution in [3.8, 4) is 5.75 Å². The summed E-state index contributed by atoms with van der Waals surface area (Å²) in [4.78, 5) is 19.3. The number of nitrogens with one attached hydrogen (secondary N) is 1. The molecule has 2 aromatic heterocycles. The number of aromatic nitrogens is 2. The molecule has 0 unspecified atom stereocenters. The highest BCUT2D eigenvalue weighted by atomic mass is 16.5. The number of nitrogens with zero attached hydrogens (tertiary/aromatic N) is 1. The van der Waals surface area contributed by atoms with Gasteiger partial charge in [0, 0.05) is 18.3 Å². The van der Waals surface area contributed by atoms with E-state index < -0.39 is 0 Å². The quantitative estimate of drug-likeness (QED) is 0.752. The lowest BCUT2D eigenvalue weighted by atomic mass is 10.1. The maximum absolute atomic E-state index is 11.8. The van der Waals surface area contributed by atoms with Gasteiger partial charge < -0.3 is 14.5 Å². The van der Waals surface area contributed by atoms with Crippen LogP contribution in [0.2, 0.25) is 0 Å². The highest BCUT2D eigenvalue weighted by Gasteiger charge is 2.13. The van der Waals surface area contributed by atoms with Crippen LogP contribution >= 0.6 is 0 Å². The number of rotatable bonds is 4. The molecular formula is C17H16N2O3. The molecule has 5 heteroatoms. The summed E-state index contributed by atoms with van der Waals surface area (Å²) in [7, 11) is 3.02. The van der Waals surface area contributed by atoms with E-state index in [0.29, 0.717) is 17.5 Å². The Morgan fingerprint density at radius 2 is 2.09 bits per heavy atom. The van der Waals surface area contributed by atoms with Crippen molar-refractivity contribution >= 4 is 17.0 Å². The number of hydrogen-bond acceptors (Lipinski definition) is 4. The van der Waals surface area contributed by atoms with Crippen molar-refractivity contribution in [2.45, 2.75) is 6.42 Å². The third-order valence-electron chi connectivity index (χ3n) is 3.51. The van der Waals surface area contributed by atoms with Crippen LogP contribution in [-0.2, 0) is 11.2 Å². The normalized spacial score (nSPS) is 10.6. The Morgan fingerprint density at radius 3 is 2.86 bits per heavy atom. The number of methoxy groups -OCH3 is 2. The Bertz CT molecular complexity index is 824. The molecule has 3 rings (SSSR count). The molecule has 112 valence electrons. The van der Waals surface area contributed by atoms with Crippen LogP contribution in [0.15, 0.2) is 42.6 Å². The second-order valence-electron chi connectivity index (χ2n) is 4.93. The lowest BCUT2D eigenvalue weighted by Crippen LogP contribution is -2.02. The van der Waals surface area contributed by atoms with Gasteiger partial charge in [0.2, 0.25) is 0 Å². The topological polar surface area (TPSA) is 64.2 Å². The average molecular weight is 296 g/mol. The number of pyridine rings is 1. The van der Waals surface area contributed by atoms with E-state index in [0.717, 1.165) is 22.5 Å². The van der Waals surface area contributed by atoms with Crippen LogP contribution in [0.5, 0.6) is 5.75 Å². The number of benzene rings is 1. The summed E-state index contributed by atoms with van der Waals surface area (Å²) in [5, 5.41) is 0. The first kappa shape index (κ1) is 14.1. The number of fused-ring (bicyclic) bond motifs is 1. The summed E-state index contributed by atoms with van der Waals surface area (Å²) in [6, 6.07) is 11.5. The molecule has 0 atom stereocenters. The van der Waals surface area contributed by atoms with Crippen molar-refractivity contribution in [1.82, 2.24) is 9.97 Å². The van der Waals surface area contributed by atoms with E-state index in [-0.39, 0.29) is 5.97 Å². The van der Waals surface area contributed by atoms with Crippen LogP contribution in [-0.4, -0.2) is 30.2 Å². The minimum Gasteiger partial charge on any atom is -0.497 e. The number of aromatic amines is 1. The molecule has 0 aliphatic carbocycles. The summed E-state index contributed by atoms with van der Waals surface area (Å²) in [6.07, 6.45) is 2.31. The summed E-state index contributed by atoms with van der Waals surface area (Å²) >= 11 is 0. The van der Waals surface area contributed by atoms with Gasteiger partial charge >= 0.3 is 5.97 Å². The van der Waals surface area contributed by atoms with Gasteiger partial charge in [0.1, 0.15) is 5.75 Å². The Balaban J connectivity index is 1.96. The second kappa shape index (κ2) is 5.89. The summed E-state index contributed by atoms with van der Waals surface area (Å²) in [6.45, 7) is 0. The van der Waals surface area contributed by atoms with Crippen molar-refractivity contribution in [1.29, 1.82) is 0 Å². The van der Waals surface area contributed by atoms with Crippen LogP contribution < -0.4 is 4.74 Å². The highest BCUT2D eigenvalue weighted by Crippen LogP contribution is 2.21. The van der Waals surface area contributed by atoms with E-state index in [1.165, 1.54) is 7.11 Å². The smallest absolute Gasteiger partial charge is 0.340 e. The fourth-order valence-electron chi connectivity index (χ4n) is 2.46. The lowest BCUT2D eigenvalue weighted by molar-refractivity contribution is 0.0602. The summed E-state index contributed by atoms with van der Waals surface area (Å²) < 4.78 is 10.0. The zero-order valence-electron chi connectivity index (χ0n) is 12.4. The Morgan fingerprint density at radius 1 is 1.23 bits per heavy atom. The monoisotopic (exact) mass is 296 g/mol. The average Bonchev–Trinajstić information content (AvgIpc) is 2.96. The van der Waals surface area contributed by atoms with Crippen LogP contribution in [0.25, 0.3) is 11.0 Å². The van der Waals surface area contributed by atoms with Gasteiger partial charge in [0.15, 0.2) is 0 Å². The Kier molecular flexibility index (Phi) is 3.78. The minimum absolute atomic E-state index is 0.373. The van der Waals surface area contributed by atoms with Crippen molar-refractivity contribution in [3.05, 3.63) is 59.4 Å². The van der Waals surface area contributed by atoms with Crippen LogP contribution in [0.1, 0.15) is 21.6 Å². The third kappa shape index (κ3) is 2.65. The summed E-state index contributed by atoms with van der Waals surface area (Å²) in [5.41, 5.74) is 4.04. The molecule has 0 aliphatic rings. The largest absolute Gasteiger partial charge is 0.497 e. The molecule has 3 aromatic rings. The Labute approximate surface area is 127 Å². The molecule has 0 fully saturated rings. The van der Waals surface area contributed by atoms with E-state index in [2.05, 4.69) is 9.97 Å². The van der Waals surface area contributed by atoms with E-state index in [1.54, 1.807) is 19.4 Å². The maximum Gasteiger partial charge on any atom is 0.340 e. The number of esters is 1. The zero-order chi connectivity index (χ0) is 15.5. The van der Waals surface area contributed by atoms with Gasteiger partial charge in [-0.05, 0) is 29.8 Å². The first-order valence-corrected chi connectivity index (χ1v) is 6.89. The first-order valence-electron chi connectivity index (χ1n) is 6.89. The molecule has 0 aliphatic heterocycles. The fraction of sp³-hybridized carbons (Fsp3) is 0.176. The third-order valence-corrected chi connectivity index (χ3v) is 3.51. The lowest BCUT2D eigenvalue weighted by Gasteiger charge is -2.03. The predicted octanol–water partition coefficient (Wildman–Crippen LogP) is 2.95. The fourth-order valence-corrected chi connectivity index (χ4v) is 2.46. The number of hydrogen-bond donors (Lipinski definition) is 1. The molecule has 0 amide bonds. The number of ether oxygens (including phenoxy) is 2. The van der Waals surface area contributed by atoms with Gasteiger partial charge in [-0.15, -0.1) is 0 Å². The second-order valence-corrected chi connectivity index (χ2v) is 4.93. The van der Waals surface area contributed by atoms with Gasteiger partial charge in [0.25, 0.3) is 0 Å². The molecule has 0 saturated heterocycles. The summed E-state index contributed by atoms with van der Waals surface area (Å²) in [5.74, 6) is 0.448. The van der Waals surface area contributed by atoms with E-state index >= 15 is 0 Å². The number of carbonyl (C=O) groups is 1. The van der Waals surface area contributed by atoms with Crippen LogP contribution in [0, 0.1) is 0 Å². The van der Waals surface area contributed by atoms with Crippen molar-refractivity contribution < 1.29 is 14.3 Å². The standard InChI is InChI=1S/C17H16N2O3/c1-21-13-5-3-4-11(9-13)8-12-10-15-16(19-12)14(6-7-18-15)17(20)22-2/h3-7,9-10,19H,8H2,1-2H3. The SMILES string of the molecule is COC(=O)c1ccnc2cc(Cc3cccc(OC)c3)[nH]c12. The van der Waals surface area contributed by atoms with Crippen molar-refractivity contribution in [2.75, 3.05) is 14.2 Å². The van der Waals surface area contributed by atoms with E-state index in [9.17, 15) is 4.79 Å². The molecule has 0 radical (unpaired) electrons. The Hall–Kier alpha value is -2.82. The number of H-pyrrole nitrogens is 1. The van der Waals surface area contributed by atoms with Gasteiger partial charge in [-0.1, -0.05) is 12.1 Å². The van der Waals surface area contributed by atoms with Gasteiger partial charge in [0.05, 0.1) is 30.8 Å². The highest BCUT2D eigenvalue weighted by molar-refractivity contribution is 6.01. The minimum atomic E-state index is -0.373. The molecule has 0 spiro atoms. The molecule has 22 heavy (non-hydrogen) atoms. The van der Waals surface area contributed by atoms with E-state index in [1.807, 2.05) is 30.3 Å². The van der Waals surface area contributed by atoms with E-state index in [4.69, 9.17) is 9.47 Å². The molecule has 0 saturated carbocycles. The van der Waals surface area contributed by atoms with Gasteiger partial charge in [-0.25, -0.2) is 4.79 Å². The predicted molar refractivity (Wildman–Crippen MR) is 83.2 cm³/mol. The van der Waals surface area contributed by atoms with Crippen LogP contribution in [0.4, 0.5) is 0 Å². The molecular weight excluding hydrogens is 280 g/mol. The zero-order valence-corrected chi connectivity index (χ0v) is 12.4.